The maximum Gasteiger partial charge on any atom is 0.417 e. The number of hydrogen-bond donors (Lipinski definition) is 2. The first kappa shape index (κ1) is 22.1. The van der Waals surface area contributed by atoms with Crippen LogP contribution < -0.4 is 10.6 Å². The van der Waals surface area contributed by atoms with Crippen molar-refractivity contribution in [2.45, 2.75) is 25.2 Å². The zero-order chi connectivity index (χ0) is 21.7. The standard InChI is InChI=1S/C21H21ClF3N3O2/c22-15-7-5-14(6-8-15)12-28-10-9-16(13-28)27-19(29)11-26-20(30)17-3-1-2-4-18(17)21(23,24)25/h1-8,16H,9-13H2,(H,26,30)(H,27,29)/t16-/m1/s1. The minimum Gasteiger partial charge on any atom is -0.350 e. The fraction of sp³-hybridized carbons (Fsp3) is 0.333. The molecule has 5 nitrogen and oxygen atoms in total. The highest BCUT2D eigenvalue weighted by Gasteiger charge is 2.35. The van der Waals surface area contributed by atoms with E-state index in [9.17, 15) is 22.8 Å². The van der Waals surface area contributed by atoms with Crippen LogP contribution in [0, 0.1) is 0 Å². The lowest BCUT2D eigenvalue weighted by atomic mass is 10.1. The Hall–Kier alpha value is -2.58. The Labute approximate surface area is 177 Å². The van der Waals surface area contributed by atoms with Crippen molar-refractivity contribution < 1.29 is 22.8 Å². The average molecular weight is 440 g/mol. The number of rotatable bonds is 6. The smallest absolute Gasteiger partial charge is 0.350 e. The van der Waals surface area contributed by atoms with E-state index in [1.165, 1.54) is 12.1 Å². The van der Waals surface area contributed by atoms with Crippen molar-refractivity contribution >= 4 is 23.4 Å². The van der Waals surface area contributed by atoms with Crippen LogP contribution in [0.4, 0.5) is 13.2 Å². The summed E-state index contributed by atoms with van der Waals surface area (Å²) >= 11 is 5.88. The molecule has 160 valence electrons. The minimum absolute atomic E-state index is 0.0795. The summed E-state index contributed by atoms with van der Waals surface area (Å²) < 4.78 is 39.1. The van der Waals surface area contributed by atoms with Crippen LogP contribution in [0.25, 0.3) is 0 Å². The second-order valence-corrected chi connectivity index (χ2v) is 7.58. The molecule has 0 aliphatic carbocycles. The summed E-state index contributed by atoms with van der Waals surface area (Å²) in [5, 5.41) is 5.75. The number of carbonyl (C=O) groups excluding carboxylic acids is 2. The summed E-state index contributed by atoms with van der Waals surface area (Å²) in [6, 6.07) is 11.9. The van der Waals surface area contributed by atoms with Gasteiger partial charge in [-0.3, -0.25) is 14.5 Å². The van der Waals surface area contributed by atoms with Gasteiger partial charge in [0.1, 0.15) is 0 Å². The second-order valence-electron chi connectivity index (χ2n) is 7.14. The molecule has 0 bridgehead atoms. The molecule has 1 heterocycles. The molecule has 3 rings (SSSR count). The van der Waals surface area contributed by atoms with Crippen molar-refractivity contribution in [1.82, 2.24) is 15.5 Å². The predicted octanol–water partition coefficient (Wildman–Crippen LogP) is 3.48. The molecular formula is C21H21ClF3N3O2. The zero-order valence-corrected chi connectivity index (χ0v) is 16.8. The van der Waals surface area contributed by atoms with E-state index >= 15 is 0 Å². The number of halogens is 4. The largest absolute Gasteiger partial charge is 0.417 e. The van der Waals surface area contributed by atoms with E-state index in [0.717, 1.165) is 37.2 Å². The number of alkyl halides is 3. The third-order valence-electron chi connectivity index (χ3n) is 4.84. The summed E-state index contributed by atoms with van der Waals surface area (Å²) in [6.45, 7) is 1.80. The highest BCUT2D eigenvalue weighted by atomic mass is 35.5. The minimum atomic E-state index is -4.65. The molecule has 2 amide bonds. The van der Waals surface area contributed by atoms with Gasteiger partial charge in [0.05, 0.1) is 17.7 Å². The van der Waals surface area contributed by atoms with Gasteiger partial charge in [0.15, 0.2) is 0 Å². The number of likely N-dealkylation sites (tertiary alicyclic amines) is 1. The zero-order valence-electron chi connectivity index (χ0n) is 16.0. The Morgan fingerprint density at radius 1 is 1.10 bits per heavy atom. The van der Waals surface area contributed by atoms with Crippen molar-refractivity contribution in [3.05, 3.63) is 70.2 Å². The van der Waals surface area contributed by atoms with Gasteiger partial charge in [-0.15, -0.1) is 0 Å². The van der Waals surface area contributed by atoms with Crippen molar-refractivity contribution in [3.8, 4) is 0 Å². The van der Waals surface area contributed by atoms with Crippen molar-refractivity contribution in [2.75, 3.05) is 19.6 Å². The molecular weight excluding hydrogens is 419 g/mol. The van der Waals surface area contributed by atoms with E-state index in [1.807, 2.05) is 24.3 Å². The lowest BCUT2D eigenvalue weighted by molar-refractivity contribution is -0.137. The van der Waals surface area contributed by atoms with E-state index < -0.39 is 35.7 Å². The molecule has 0 unspecified atom stereocenters. The number of carbonyl (C=O) groups is 2. The Balaban J connectivity index is 1.46. The molecule has 2 aromatic rings. The van der Waals surface area contributed by atoms with Gasteiger partial charge in [0.25, 0.3) is 5.91 Å². The first-order chi connectivity index (χ1) is 14.2. The molecule has 9 heteroatoms. The molecule has 1 aliphatic rings. The molecule has 0 aromatic heterocycles. The summed E-state index contributed by atoms with van der Waals surface area (Å²) in [5.41, 5.74) is -0.425. The second kappa shape index (κ2) is 9.49. The Bertz CT molecular complexity index is 903. The van der Waals surface area contributed by atoms with Crippen LogP contribution in [0.5, 0.6) is 0 Å². The van der Waals surface area contributed by atoms with E-state index in [4.69, 9.17) is 11.6 Å². The molecule has 1 saturated heterocycles. The van der Waals surface area contributed by atoms with Gasteiger partial charge in [0.2, 0.25) is 5.91 Å². The molecule has 30 heavy (non-hydrogen) atoms. The quantitative estimate of drug-likeness (QED) is 0.724. The number of nitrogens with zero attached hydrogens (tertiary/aromatic N) is 1. The summed E-state index contributed by atoms with van der Waals surface area (Å²) in [5.74, 6) is -1.37. The first-order valence-electron chi connectivity index (χ1n) is 9.43. The van der Waals surface area contributed by atoms with Gasteiger partial charge in [0, 0.05) is 30.7 Å². The lowest BCUT2D eigenvalue weighted by Crippen LogP contribution is -2.43. The molecule has 2 aromatic carbocycles. The molecule has 2 N–H and O–H groups in total. The molecule has 1 atom stereocenters. The summed E-state index contributed by atoms with van der Waals surface area (Å²) in [6.07, 6.45) is -3.89. The maximum absolute atomic E-state index is 13.0. The molecule has 1 aliphatic heterocycles. The number of amides is 2. The van der Waals surface area contributed by atoms with Crippen LogP contribution in [0.3, 0.4) is 0 Å². The molecule has 1 fully saturated rings. The van der Waals surface area contributed by atoms with Gasteiger partial charge in [-0.2, -0.15) is 13.2 Å². The highest BCUT2D eigenvalue weighted by Crippen LogP contribution is 2.31. The fourth-order valence-electron chi connectivity index (χ4n) is 3.40. The molecule has 0 spiro atoms. The van der Waals surface area contributed by atoms with Gasteiger partial charge in [-0.25, -0.2) is 0 Å². The fourth-order valence-corrected chi connectivity index (χ4v) is 3.53. The monoisotopic (exact) mass is 439 g/mol. The van der Waals surface area contributed by atoms with Gasteiger partial charge >= 0.3 is 6.18 Å². The van der Waals surface area contributed by atoms with Gasteiger partial charge in [-0.1, -0.05) is 35.9 Å². The summed E-state index contributed by atoms with van der Waals surface area (Å²) in [4.78, 5) is 26.4. The van der Waals surface area contributed by atoms with Crippen LogP contribution in [0.2, 0.25) is 5.02 Å². The van der Waals surface area contributed by atoms with Crippen molar-refractivity contribution in [2.24, 2.45) is 0 Å². The van der Waals surface area contributed by atoms with E-state index in [1.54, 1.807) is 0 Å². The van der Waals surface area contributed by atoms with Crippen molar-refractivity contribution in [3.63, 3.8) is 0 Å². The van der Waals surface area contributed by atoms with Crippen LogP contribution in [-0.2, 0) is 17.5 Å². The van der Waals surface area contributed by atoms with Gasteiger partial charge < -0.3 is 10.6 Å². The number of benzene rings is 2. The average Bonchev–Trinajstić information content (AvgIpc) is 3.14. The van der Waals surface area contributed by atoms with Crippen LogP contribution in [0.1, 0.15) is 27.9 Å². The van der Waals surface area contributed by atoms with Crippen LogP contribution >= 0.6 is 11.6 Å². The highest BCUT2D eigenvalue weighted by molar-refractivity contribution is 6.30. The third-order valence-corrected chi connectivity index (χ3v) is 5.10. The molecule has 0 radical (unpaired) electrons. The lowest BCUT2D eigenvalue weighted by Gasteiger charge is -2.17. The van der Waals surface area contributed by atoms with Crippen molar-refractivity contribution in [1.29, 1.82) is 0 Å². The first-order valence-corrected chi connectivity index (χ1v) is 9.81. The Morgan fingerprint density at radius 3 is 2.50 bits per heavy atom. The maximum atomic E-state index is 13.0. The third kappa shape index (κ3) is 5.96. The van der Waals surface area contributed by atoms with Crippen LogP contribution in [0.15, 0.2) is 48.5 Å². The van der Waals surface area contributed by atoms with Crippen LogP contribution in [-0.4, -0.2) is 42.4 Å². The SMILES string of the molecule is O=C(CNC(=O)c1ccccc1C(F)(F)F)N[C@@H]1CCN(Cc2ccc(Cl)cc2)C1. The van der Waals surface area contributed by atoms with E-state index in [0.29, 0.717) is 11.6 Å². The van der Waals surface area contributed by atoms with E-state index in [2.05, 4.69) is 15.5 Å². The number of hydrogen-bond acceptors (Lipinski definition) is 3. The number of nitrogens with one attached hydrogen (secondary N) is 2. The molecule has 0 saturated carbocycles. The Morgan fingerprint density at radius 2 is 1.80 bits per heavy atom. The Kier molecular flexibility index (Phi) is 6.99. The van der Waals surface area contributed by atoms with Gasteiger partial charge in [-0.05, 0) is 36.2 Å². The predicted molar refractivity (Wildman–Crippen MR) is 107 cm³/mol. The topological polar surface area (TPSA) is 61.4 Å². The van der Waals surface area contributed by atoms with E-state index in [-0.39, 0.29) is 6.04 Å². The summed E-state index contributed by atoms with van der Waals surface area (Å²) in [7, 11) is 0. The normalized spacial score (nSPS) is 17.0.